The van der Waals surface area contributed by atoms with Gasteiger partial charge in [0.1, 0.15) is 5.54 Å². The molecule has 0 saturated carbocycles. The molecule has 2 aliphatic heterocycles. The Morgan fingerprint density at radius 1 is 1.79 bits per heavy atom. The molecular weight excluding hydrogens is 182 g/mol. The van der Waals surface area contributed by atoms with Crippen LogP contribution < -0.4 is 0 Å². The van der Waals surface area contributed by atoms with Crippen LogP contribution in [0.1, 0.15) is 12.8 Å². The highest BCUT2D eigenvalue weighted by molar-refractivity contribution is 5.82. The molecule has 2 heterocycles. The minimum atomic E-state index is -0.620. The number of esters is 1. The first kappa shape index (κ1) is 9.68. The van der Waals surface area contributed by atoms with Crippen molar-refractivity contribution in [2.24, 2.45) is 0 Å². The Kier molecular flexibility index (Phi) is 2.12. The van der Waals surface area contributed by atoms with E-state index in [0.717, 1.165) is 5.57 Å². The van der Waals surface area contributed by atoms with Crippen molar-refractivity contribution in [2.45, 2.75) is 24.5 Å². The lowest BCUT2D eigenvalue weighted by atomic mass is 9.92. The second-order valence-electron chi connectivity index (χ2n) is 4.19. The normalized spacial score (nSPS) is 37.3. The van der Waals surface area contributed by atoms with E-state index in [1.54, 1.807) is 0 Å². The Labute approximate surface area is 83.2 Å². The maximum atomic E-state index is 11.7. The summed E-state index contributed by atoms with van der Waals surface area (Å²) in [4.78, 5) is 13.7. The maximum absolute atomic E-state index is 11.7. The van der Waals surface area contributed by atoms with Crippen molar-refractivity contribution in [2.75, 3.05) is 20.2 Å². The number of rotatable bonds is 1. The van der Waals surface area contributed by atoms with Crippen molar-refractivity contribution in [3.63, 3.8) is 0 Å². The number of β-amino-alcohol motifs (C(OH)–C–C–N with tert-alkyl or cyclic N) is 1. The molecule has 0 radical (unpaired) electrons. The van der Waals surface area contributed by atoms with Gasteiger partial charge in [-0.1, -0.05) is 12.2 Å². The van der Waals surface area contributed by atoms with E-state index in [4.69, 9.17) is 4.74 Å². The Hall–Kier alpha value is -0.870. The average molecular weight is 197 g/mol. The summed E-state index contributed by atoms with van der Waals surface area (Å²) in [7, 11) is 1.39. The predicted octanol–water partition coefficient (Wildman–Crippen LogP) is -0.0753. The minimum Gasteiger partial charge on any atom is -0.468 e. The first-order valence-corrected chi connectivity index (χ1v) is 4.77. The van der Waals surface area contributed by atoms with Gasteiger partial charge < -0.3 is 9.84 Å². The SMILES string of the molecule is C=C1CN2C[C@H](O)C[C@@]2(C(=O)OC)C1. The van der Waals surface area contributed by atoms with Gasteiger partial charge in [0, 0.05) is 19.5 Å². The van der Waals surface area contributed by atoms with Gasteiger partial charge in [0.15, 0.2) is 0 Å². The summed E-state index contributed by atoms with van der Waals surface area (Å²) in [6, 6.07) is 0. The van der Waals surface area contributed by atoms with Crippen LogP contribution in [-0.4, -0.2) is 47.8 Å². The van der Waals surface area contributed by atoms with Gasteiger partial charge in [0.05, 0.1) is 13.2 Å². The molecule has 0 bridgehead atoms. The zero-order valence-corrected chi connectivity index (χ0v) is 8.32. The third-order valence-corrected chi connectivity index (χ3v) is 3.13. The summed E-state index contributed by atoms with van der Waals surface area (Å²) in [6.45, 7) is 5.14. The highest BCUT2D eigenvalue weighted by Gasteiger charge is 2.55. The largest absolute Gasteiger partial charge is 0.468 e. The molecule has 2 aliphatic rings. The third kappa shape index (κ3) is 1.18. The van der Waals surface area contributed by atoms with E-state index < -0.39 is 11.6 Å². The summed E-state index contributed by atoms with van der Waals surface area (Å²) in [5.41, 5.74) is 0.424. The number of fused-ring (bicyclic) bond motifs is 1. The highest BCUT2D eigenvalue weighted by Crippen LogP contribution is 2.41. The van der Waals surface area contributed by atoms with E-state index in [-0.39, 0.29) is 5.97 Å². The number of carbonyl (C=O) groups excluding carboxylic acids is 1. The highest BCUT2D eigenvalue weighted by atomic mass is 16.5. The molecule has 0 aromatic heterocycles. The first-order chi connectivity index (χ1) is 6.58. The number of carbonyl (C=O) groups is 1. The van der Waals surface area contributed by atoms with Gasteiger partial charge in [0.2, 0.25) is 0 Å². The van der Waals surface area contributed by atoms with Crippen LogP contribution in [0.15, 0.2) is 12.2 Å². The van der Waals surface area contributed by atoms with E-state index in [9.17, 15) is 9.90 Å². The van der Waals surface area contributed by atoms with Gasteiger partial charge in [-0.25, -0.2) is 0 Å². The lowest BCUT2D eigenvalue weighted by Gasteiger charge is -2.27. The zero-order valence-electron chi connectivity index (χ0n) is 8.32. The summed E-state index contributed by atoms with van der Waals surface area (Å²) in [6.07, 6.45) is 0.678. The van der Waals surface area contributed by atoms with E-state index in [0.29, 0.717) is 25.9 Å². The lowest BCUT2D eigenvalue weighted by molar-refractivity contribution is -0.151. The topological polar surface area (TPSA) is 49.8 Å². The molecule has 0 aromatic carbocycles. The Morgan fingerprint density at radius 2 is 2.50 bits per heavy atom. The zero-order chi connectivity index (χ0) is 10.3. The van der Waals surface area contributed by atoms with Gasteiger partial charge in [-0.2, -0.15) is 0 Å². The molecule has 2 rings (SSSR count). The van der Waals surface area contributed by atoms with E-state index >= 15 is 0 Å². The smallest absolute Gasteiger partial charge is 0.326 e. The molecule has 0 unspecified atom stereocenters. The second kappa shape index (κ2) is 3.07. The minimum absolute atomic E-state index is 0.243. The fraction of sp³-hybridized carbons (Fsp3) is 0.700. The third-order valence-electron chi connectivity index (χ3n) is 3.13. The summed E-state index contributed by atoms with van der Waals surface area (Å²) >= 11 is 0. The molecule has 78 valence electrons. The first-order valence-electron chi connectivity index (χ1n) is 4.77. The molecule has 4 nitrogen and oxygen atoms in total. The summed E-state index contributed by atoms with van der Waals surface area (Å²) in [5, 5.41) is 9.55. The van der Waals surface area contributed by atoms with Crippen LogP contribution in [0.3, 0.4) is 0 Å². The Morgan fingerprint density at radius 3 is 3.14 bits per heavy atom. The number of ether oxygens (including phenoxy) is 1. The van der Waals surface area contributed by atoms with Gasteiger partial charge in [0.25, 0.3) is 0 Å². The summed E-state index contributed by atoms with van der Waals surface area (Å²) < 4.78 is 4.80. The standard InChI is InChI=1S/C10H15NO3/c1-7-3-10(9(13)14-2)4-8(12)6-11(10)5-7/h8,12H,1,3-6H2,2H3/t8-,10-/m1/s1. The molecule has 0 amide bonds. The molecule has 0 aliphatic carbocycles. The van der Waals surface area contributed by atoms with Crippen LogP contribution >= 0.6 is 0 Å². The monoisotopic (exact) mass is 197 g/mol. The van der Waals surface area contributed by atoms with Crippen molar-refractivity contribution in [3.05, 3.63) is 12.2 Å². The molecule has 0 aromatic rings. The molecule has 2 saturated heterocycles. The van der Waals surface area contributed by atoms with Crippen LogP contribution in [0.25, 0.3) is 0 Å². The van der Waals surface area contributed by atoms with Gasteiger partial charge in [-0.3, -0.25) is 9.69 Å². The van der Waals surface area contributed by atoms with Crippen LogP contribution in [0.2, 0.25) is 0 Å². The molecule has 1 N–H and O–H groups in total. The van der Waals surface area contributed by atoms with Crippen LogP contribution in [0.5, 0.6) is 0 Å². The van der Waals surface area contributed by atoms with Crippen molar-refractivity contribution in [3.8, 4) is 0 Å². The van der Waals surface area contributed by atoms with E-state index in [1.807, 2.05) is 4.90 Å². The maximum Gasteiger partial charge on any atom is 0.326 e. The summed E-state index contributed by atoms with van der Waals surface area (Å²) in [5.74, 6) is -0.243. The van der Waals surface area contributed by atoms with Gasteiger partial charge >= 0.3 is 5.97 Å². The fourth-order valence-corrected chi connectivity index (χ4v) is 2.63. The average Bonchev–Trinajstić information content (AvgIpc) is 2.55. The molecule has 14 heavy (non-hydrogen) atoms. The lowest BCUT2D eigenvalue weighted by Crippen LogP contribution is -2.46. The molecule has 0 spiro atoms. The number of hydrogen-bond acceptors (Lipinski definition) is 4. The van der Waals surface area contributed by atoms with Crippen molar-refractivity contribution < 1.29 is 14.6 Å². The molecular formula is C10H15NO3. The number of methoxy groups -OCH3 is 1. The van der Waals surface area contributed by atoms with Crippen molar-refractivity contribution >= 4 is 5.97 Å². The van der Waals surface area contributed by atoms with E-state index in [1.165, 1.54) is 7.11 Å². The second-order valence-corrected chi connectivity index (χ2v) is 4.19. The number of aliphatic hydroxyl groups is 1. The Bertz CT molecular complexity index is 289. The Balaban J connectivity index is 2.29. The number of hydrogen-bond donors (Lipinski definition) is 1. The number of aliphatic hydroxyl groups excluding tert-OH is 1. The molecule has 2 fully saturated rings. The molecule has 2 atom stereocenters. The van der Waals surface area contributed by atoms with Crippen LogP contribution in [-0.2, 0) is 9.53 Å². The fourth-order valence-electron chi connectivity index (χ4n) is 2.63. The van der Waals surface area contributed by atoms with Crippen molar-refractivity contribution in [1.29, 1.82) is 0 Å². The van der Waals surface area contributed by atoms with E-state index in [2.05, 4.69) is 6.58 Å². The van der Waals surface area contributed by atoms with Crippen molar-refractivity contribution in [1.82, 2.24) is 4.90 Å². The quantitative estimate of drug-likeness (QED) is 0.472. The predicted molar refractivity (Wildman–Crippen MR) is 50.7 cm³/mol. The molecule has 4 heteroatoms. The van der Waals surface area contributed by atoms with Gasteiger partial charge in [-0.15, -0.1) is 0 Å². The number of nitrogens with zero attached hydrogens (tertiary/aromatic N) is 1. The van der Waals surface area contributed by atoms with Crippen LogP contribution in [0.4, 0.5) is 0 Å². The van der Waals surface area contributed by atoms with Gasteiger partial charge in [-0.05, 0) is 6.42 Å². The van der Waals surface area contributed by atoms with Crippen LogP contribution in [0, 0.1) is 0 Å².